The van der Waals surface area contributed by atoms with Crippen molar-refractivity contribution in [1.29, 1.82) is 0 Å². The first-order chi connectivity index (χ1) is 8.84. The number of halogens is 2. The molecular formula is C11H10Cl2N4O2. The zero-order valence-electron chi connectivity index (χ0n) is 10.1. The second-order valence-electron chi connectivity index (χ2n) is 4.41. The molecule has 0 radical (unpaired) electrons. The van der Waals surface area contributed by atoms with E-state index in [0.717, 1.165) is 0 Å². The van der Waals surface area contributed by atoms with Gasteiger partial charge in [-0.05, 0) is 42.5 Å². The molecule has 0 aliphatic heterocycles. The minimum atomic E-state index is -1.27. The maximum absolute atomic E-state index is 11.3. The zero-order valence-corrected chi connectivity index (χ0v) is 11.6. The second kappa shape index (κ2) is 4.79. The van der Waals surface area contributed by atoms with Gasteiger partial charge < -0.3 is 5.11 Å². The first kappa shape index (κ1) is 13.8. The first-order valence-electron chi connectivity index (χ1n) is 5.31. The summed E-state index contributed by atoms with van der Waals surface area (Å²) < 4.78 is 1.23. The molecule has 0 spiro atoms. The van der Waals surface area contributed by atoms with Gasteiger partial charge in [0.15, 0.2) is 11.4 Å². The lowest BCUT2D eigenvalue weighted by Crippen LogP contribution is -2.37. The van der Waals surface area contributed by atoms with Gasteiger partial charge in [0.1, 0.15) is 0 Å². The van der Waals surface area contributed by atoms with Crippen LogP contribution in [0.4, 0.5) is 0 Å². The van der Waals surface area contributed by atoms with Crippen molar-refractivity contribution in [2.45, 2.75) is 19.4 Å². The molecule has 2 aromatic rings. The summed E-state index contributed by atoms with van der Waals surface area (Å²) >= 11 is 11.8. The van der Waals surface area contributed by atoms with Crippen molar-refractivity contribution >= 4 is 29.2 Å². The highest BCUT2D eigenvalue weighted by Crippen LogP contribution is 2.29. The van der Waals surface area contributed by atoms with E-state index in [1.165, 1.54) is 18.5 Å². The Hall–Kier alpha value is -1.66. The Labute approximate surface area is 118 Å². The minimum absolute atomic E-state index is 0.311. The number of tetrazole rings is 1. The molecule has 2 rings (SSSR count). The van der Waals surface area contributed by atoms with Crippen molar-refractivity contribution in [1.82, 2.24) is 20.2 Å². The van der Waals surface area contributed by atoms with E-state index in [1.54, 1.807) is 18.2 Å². The van der Waals surface area contributed by atoms with Gasteiger partial charge in [-0.2, -0.15) is 0 Å². The Morgan fingerprint density at radius 1 is 1.32 bits per heavy atom. The number of carbonyl (C=O) groups is 1. The van der Waals surface area contributed by atoms with E-state index in [4.69, 9.17) is 23.2 Å². The number of carboxylic acid groups (broad SMARTS) is 1. The second-order valence-corrected chi connectivity index (χ2v) is 5.22. The van der Waals surface area contributed by atoms with Crippen LogP contribution in [0.3, 0.4) is 0 Å². The lowest BCUT2D eigenvalue weighted by Gasteiger charge is -2.20. The molecule has 0 saturated heterocycles. The number of aromatic nitrogens is 4. The quantitative estimate of drug-likeness (QED) is 0.941. The normalized spacial score (nSPS) is 11.6. The molecule has 1 N–H and O–H groups in total. The smallest absolute Gasteiger partial charge is 0.331 e. The molecule has 0 saturated carbocycles. The van der Waals surface area contributed by atoms with Crippen LogP contribution in [0, 0.1) is 0 Å². The summed E-state index contributed by atoms with van der Waals surface area (Å²) in [5, 5.41) is 21.1. The van der Waals surface area contributed by atoms with E-state index < -0.39 is 11.5 Å². The van der Waals surface area contributed by atoms with Gasteiger partial charge in [-0.25, -0.2) is 9.48 Å². The molecule has 1 heterocycles. The maximum atomic E-state index is 11.3. The van der Waals surface area contributed by atoms with Crippen LogP contribution in [0.1, 0.15) is 13.8 Å². The van der Waals surface area contributed by atoms with Crippen molar-refractivity contribution in [2.75, 3.05) is 0 Å². The molecule has 100 valence electrons. The topological polar surface area (TPSA) is 80.9 Å². The van der Waals surface area contributed by atoms with Gasteiger partial charge in [0.25, 0.3) is 0 Å². The number of hydrogen-bond acceptors (Lipinski definition) is 4. The number of rotatable bonds is 3. The van der Waals surface area contributed by atoms with Gasteiger partial charge in [-0.1, -0.05) is 23.2 Å². The average molecular weight is 301 g/mol. The Morgan fingerprint density at radius 2 is 2.00 bits per heavy atom. The molecule has 0 amide bonds. The van der Waals surface area contributed by atoms with Crippen LogP contribution in [0.5, 0.6) is 0 Å². The van der Waals surface area contributed by atoms with Gasteiger partial charge in [-0.15, -0.1) is 5.10 Å². The number of aliphatic carboxylic acids is 1. The molecule has 0 aliphatic carbocycles. The van der Waals surface area contributed by atoms with Crippen LogP contribution in [0.15, 0.2) is 18.2 Å². The van der Waals surface area contributed by atoms with Gasteiger partial charge in [-0.3, -0.25) is 0 Å². The molecule has 0 bridgehead atoms. The Kier molecular flexibility index (Phi) is 3.47. The predicted octanol–water partition coefficient (Wildman–Crippen LogP) is 2.47. The van der Waals surface area contributed by atoms with E-state index in [9.17, 15) is 9.90 Å². The Morgan fingerprint density at radius 3 is 2.58 bits per heavy atom. The molecule has 0 unspecified atom stereocenters. The molecule has 0 atom stereocenters. The largest absolute Gasteiger partial charge is 0.479 e. The third-order valence-electron chi connectivity index (χ3n) is 2.70. The molecule has 1 aromatic heterocycles. The lowest BCUT2D eigenvalue weighted by molar-refractivity contribution is -0.146. The fourth-order valence-electron chi connectivity index (χ4n) is 1.47. The van der Waals surface area contributed by atoms with Crippen LogP contribution in [0.25, 0.3) is 11.4 Å². The first-order valence-corrected chi connectivity index (χ1v) is 6.07. The maximum Gasteiger partial charge on any atom is 0.331 e. The van der Waals surface area contributed by atoms with Crippen molar-refractivity contribution < 1.29 is 9.90 Å². The molecule has 8 heteroatoms. The van der Waals surface area contributed by atoms with Crippen molar-refractivity contribution in [3.63, 3.8) is 0 Å². The highest BCUT2D eigenvalue weighted by atomic mass is 35.5. The summed E-state index contributed by atoms with van der Waals surface area (Å²) in [5.41, 5.74) is -0.681. The van der Waals surface area contributed by atoms with Crippen LogP contribution < -0.4 is 0 Å². The van der Waals surface area contributed by atoms with Crippen LogP contribution in [0.2, 0.25) is 10.0 Å². The van der Waals surface area contributed by atoms with Crippen molar-refractivity contribution in [3.8, 4) is 11.4 Å². The average Bonchev–Trinajstić information content (AvgIpc) is 2.82. The molecule has 6 nitrogen and oxygen atoms in total. The van der Waals surface area contributed by atoms with Crippen molar-refractivity contribution in [3.05, 3.63) is 28.2 Å². The molecule has 19 heavy (non-hydrogen) atoms. The van der Waals surface area contributed by atoms with E-state index >= 15 is 0 Å². The van der Waals surface area contributed by atoms with Crippen LogP contribution >= 0.6 is 23.2 Å². The third-order valence-corrected chi connectivity index (χ3v) is 3.44. The summed E-state index contributed by atoms with van der Waals surface area (Å²) in [7, 11) is 0. The summed E-state index contributed by atoms with van der Waals surface area (Å²) in [6.07, 6.45) is 0. The Balaban J connectivity index is 2.56. The van der Waals surface area contributed by atoms with Gasteiger partial charge >= 0.3 is 5.97 Å². The molecule has 1 aromatic carbocycles. The number of hydrogen-bond donors (Lipinski definition) is 1. The monoisotopic (exact) mass is 300 g/mol. The lowest BCUT2D eigenvalue weighted by atomic mass is 10.1. The third kappa shape index (κ3) is 2.41. The molecule has 0 aliphatic rings. The number of benzene rings is 1. The van der Waals surface area contributed by atoms with E-state index in [0.29, 0.717) is 21.4 Å². The zero-order chi connectivity index (χ0) is 14.2. The SMILES string of the molecule is CC(C)(C(=O)O)n1nnnc1-c1ccc(Cl)c(Cl)c1. The summed E-state index contributed by atoms with van der Waals surface area (Å²) in [6, 6.07) is 4.87. The van der Waals surface area contributed by atoms with Crippen LogP contribution in [-0.2, 0) is 10.3 Å². The Bertz CT molecular complexity index is 639. The summed E-state index contributed by atoms with van der Waals surface area (Å²) in [4.78, 5) is 11.3. The van der Waals surface area contributed by atoms with E-state index in [-0.39, 0.29) is 0 Å². The fraction of sp³-hybridized carbons (Fsp3) is 0.273. The number of carboxylic acids is 1. The summed E-state index contributed by atoms with van der Waals surface area (Å²) in [5.74, 6) is -0.730. The fourth-order valence-corrected chi connectivity index (χ4v) is 1.77. The standard InChI is InChI=1S/C11H10Cl2N4O2/c1-11(2,10(18)19)17-9(14-15-16-17)6-3-4-7(12)8(13)5-6/h3-5H,1-2H3,(H,18,19). The van der Waals surface area contributed by atoms with Crippen LogP contribution in [-0.4, -0.2) is 31.3 Å². The summed E-state index contributed by atoms with van der Waals surface area (Å²) in [6.45, 7) is 3.01. The highest BCUT2D eigenvalue weighted by Gasteiger charge is 2.33. The van der Waals surface area contributed by atoms with Gasteiger partial charge in [0.2, 0.25) is 0 Å². The van der Waals surface area contributed by atoms with E-state index in [1.807, 2.05) is 0 Å². The minimum Gasteiger partial charge on any atom is -0.479 e. The molecular weight excluding hydrogens is 291 g/mol. The number of nitrogens with zero attached hydrogens (tertiary/aromatic N) is 4. The van der Waals surface area contributed by atoms with Gasteiger partial charge in [0.05, 0.1) is 10.0 Å². The van der Waals surface area contributed by atoms with Gasteiger partial charge in [0, 0.05) is 5.56 Å². The molecule has 0 fully saturated rings. The predicted molar refractivity (Wildman–Crippen MR) is 70.2 cm³/mol. The highest BCUT2D eigenvalue weighted by molar-refractivity contribution is 6.42. The van der Waals surface area contributed by atoms with Crippen molar-refractivity contribution in [2.24, 2.45) is 0 Å². The van der Waals surface area contributed by atoms with E-state index in [2.05, 4.69) is 15.5 Å².